The first-order valence-electron chi connectivity index (χ1n) is 11.1. The Hall–Kier alpha value is -3.78. The molecule has 8 nitrogen and oxygen atoms in total. The zero-order valence-corrected chi connectivity index (χ0v) is 19.2. The topological polar surface area (TPSA) is 97.0 Å². The van der Waals surface area contributed by atoms with Crippen molar-refractivity contribution in [2.45, 2.75) is 19.4 Å². The number of rotatable bonds is 6. The number of anilines is 1. The van der Waals surface area contributed by atoms with Gasteiger partial charge in [0.15, 0.2) is 0 Å². The maximum Gasteiger partial charge on any atom is 0.261 e. The molecule has 0 bridgehead atoms. The number of piperidine rings is 1. The van der Waals surface area contributed by atoms with Crippen LogP contribution in [0.25, 0.3) is 22.8 Å². The molecule has 4 aromatic rings. The Bertz CT molecular complexity index is 1270. The summed E-state index contributed by atoms with van der Waals surface area (Å²) in [5.74, 6) is 1.69. The molecule has 0 aliphatic carbocycles. The van der Waals surface area contributed by atoms with E-state index in [4.69, 9.17) is 16.1 Å². The number of amides is 1. The molecule has 1 N–H and O–H groups in total. The number of benzene rings is 1. The van der Waals surface area contributed by atoms with Crippen LogP contribution in [-0.2, 0) is 11.3 Å². The van der Waals surface area contributed by atoms with Gasteiger partial charge in [-0.3, -0.25) is 9.78 Å². The third-order valence-corrected chi connectivity index (χ3v) is 6.12. The normalized spacial score (nSPS) is 14.2. The first kappa shape index (κ1) is 22.0. The first-order chi connectivity index (χ1) is 16.7. The Morgan fingerprint density at radius 1 is 1.12 bits per heavy atom. The largest absolute Gasteiger partial charge is 0.356 e. The summed E-state index contributed by atoms with van der Waals surface area (Å²) in [6, 6.07) is 14.9. The van der Waals surface area contributed by atoms with Crippen molar-refractivity contribution < 1.29 is 9.32 Å². The van der Waals surface area contributed by atoms with Crippen LogP contribution in [0, 0.1) is 5.92 Å². The van der Waals surface area contributed by atoms with E-state index in [0.717, 1.165) is 35.3 Å². The molecule has 5 rings (SSSR count). The highest BCUT2D eigenvalue weighted by molar-refractivity contribution is 6.30. The lowest BCUT2D eigenvalue weighted by atomic mass is 9.95. The summed E-state index contributed by atoms with van der Waals surface area (Å²) < 4.78 is 5.57. The van der Waals surface area contributed by atoms with E-state index in [2.05, 4.69) is 30.3 Å². The van der Waals surface area contributed by atoms with E-state index in [-0.39, 0.29) is 11.8 Å². The van der Waals surface area contributed by atoms with E-state index in [9.17, 15) is 4.79 Å². The average Bonchev–Trinajstić information content (AvgIpc) is 3.38. The van der Waals surface area contributed by atoms with Crippen molar-refractivity contribution in [2.75, 3.05) is 18.0 Å². The molecule has 9 heteroatoms. The molecule has 1 aliphatic heterocycles. The summed E-state index contributed by atoms with van der Waals surface area (Å²) in [4.78, 5) is 28.1. The highest BCUT2D eigenvalue weighted by Crippen LogP contribution is 2.32. The van der Waals surface area contributed by atoms with E-state index in [1.807, 2.05) is 36.4 Å². The molecule has 34 heavy (non-hydrogen) atoms. The highest BCUT2D eigenvalue weighted by atomic mass is 35.5. The summed E-state index contributed by atoms with van der Waals surface area (Å²) in [6.07, 6.45) is 6.72. The van der Waals surface area contributed by atoms with E-state index in [1.54, 1.807) is 30.7 Å². The van der Waals surface area contributed by atoms with Gasteiger partial charge in [-0.05, 0) is 48.7 Å². The molecule has 3 aromatic heterocycles. The van der Waals surface area contributed by atoms with Gasteiger partial charge in [0.05, 0.1) is 5.56 Å². The number of hydrogen-bond acceptors (Lipinski definition) is 7. The molecule has 0 unspecified atom stereocenters. The van der Waals surface area contributed by atoms with E-state index < -0.39 is 0 Å². The minimum atomic E-state index is -0.0297. The quantitative estimate of drug-likeness (QED) is 0.443. The Labute approximate surface area is 202 Å². The number of nitrogens with zero attached hydrogens (tertiary/aromatic N) is 5. The van der Waals surface area contributed by atoms with E-state index in [1.165, 1.54) is 0 Å². The zero-order valence-electron chi connectivity index (χ0n) is 18.4. The fourth-order valence-corrected chi connectivity index (χ4v) is 4.27. The fraction of sp³-hybridized carbons (Fsp3) is 0.240. The molecule has 4 heterocycles. The zero-order chi connectivity index (χ0) is 23.3. The van der Waals surface area contributed by atoms with Gasteiger partial charge in [-0.25, -0.2) is 4.98 Å². The Morgan fingerprint density at radius 3 is 2.76 bits per heavy atom. The maximum atomic E-state index is 12.7. The van der Waals surface area contributed by atoms with E-state index >= 15 is 0 Å². The van der Waals surface area contributed by atoms with Crippen LogP contribution in [0.4, 0.5) is 5.82 Å². The van der Waals surface area contributed by atoms with Crippen LogP contribution in [0.15, 0.2) is 71.6 Å². The molecule has 0 saturated carbocycles. The van der Waals surface area contributed by atoms with Crippen molar-refractivity contribution in [1.82, 2.24) is 25.4 Å². The van der Waals surface area contributed by atoms with Gasteiger partial charge >= 0.3 is 0 Å². The second-order valence-electron chi connectivity index (χ2n) is 8.15. The molecular weight excluding hydrogens is 452 g/mol. The Morgan fingerprint density at radius 2 is 1.97 bits per heavy atom. The molecular formula is C25H23ClN6O2. The molecule has 0 atom stereocenters. The third kappa shape index (κ3) is 4.92. The Balaban J connectivity index is 1.25. The van der Waals surface area contributed by atoms with Crippen LogP contribution >= 0.6 is 11.6 Å². The van der Waals surface area contributed by atoms with Crippen LogP contribution in [0.2, 0.25) is 5.02 Å². The third-order valence-electron chi connectivity index (χ3n) is 5.88. The van der Waals surface area contributed by atoms with Crippen LogP contribution in [0.3, 0.4) is 0 Å². The fourth-order valence-electron chi connectivity index (χ4n) is 4.08. The van der Waals surface area contributed by atoms with Crippen LogP contribution in [0.5, 0.6) is 0 Å². The average molecular weight is 475 g/mol. The lowest BCUT2D eigenvalue weighted by Crippen LogP contribution is -2.40. The van der Waals surface area contributed by atoms with Gasteiger partial charge in [-0.2, -0.15) is 4.98 Å². The molecule has 1 saturated heterocycles. The number of halogens is 1. The standard InChI is InChI=1S/C25H23ClN6O2/c26-20-6-1-5-19(14-20)22-30-25(34-31-22)21-7-3-11-28-23(21)32-12-8-18(9-13-32)24(33)29-16-17-4-2-10-27-15-17/h1-7,10-11,14-15,18H,8-9,12-13,16H2,(H,29,33). The van der Waals surface area contributed by atoms with Crippen LogP contribution < -0.4 is 10.2 Å². The number of carbonyl (C=O) groups excluding carboxylic acids is 1. The SMILES string of the molecule is O=C(NCc1cccnc1)C1CCN(c2ncccc2-c2nc(-c3cccc(Cl)c3)no2)CC1. The molecule has 1 aliphatic rings. The molecule has 0 spiro atoms. The van der Waals surface area contributed by atoms with Gasteiger partial charge in [0.25, 0.3) is 5.89 Å². The van der Waals surface area contributed by atoms with Crippen molar-refractivity contribution in [3.05, 3.63) is 77.7 Å². The number of pyridine rings is 2. The summed E-state index contributed by atoms with van der Waals surface area (Å²) in [5.41, 5.74) is 2.54. The van der Waals surface area contributed by atoms with Gasteiger partial charge < -0.3 is 14.7 Å². The van der Waals surface area contributed by atoms with Gasteiger partial charge in [0.2, 0.25) is 11.7 Å². The Kier molecular flexibility index (Phi) is 6.49. The molecule has 172 valence electrons. The van der Waals surface area contributed by atoms with Gasteiger partial charge in [-0.1, -0.05) is 35.0 Å². The lowest BCUT2D eigenvalue weighted by Gasteiger charge is -2.32. The molecule has 1 fully saturated rings. The highest BCUT2D eigenvalue weighted by Gasteiger charge is 2.27. The summed E-state index contributed by atoms with van der Waals surface area (Å²) in [7, 11) is 0. The minimum Gasteiger partial charge on any atom is -0.356 e. The van der Waals surface area contributed by atoms with Crippen molar-refractivity contribution >= 4 is 23.3 Å². The predicted octanol–water partition coefficient (Wildman–Crippen LogP) is 4.38. The van der Waals surface area contributed by atoms with Crippen molar-refractivity contribution in [1.29, 1.82) is 0 Å². The second-order valence-corrected chi connectivity index (χ2v) is 8.58. The van der Waals surface area contributed by atoms with Crippen molar-refractivity contribution in [2.24, 2.45) is 5.92 Å². The van der Waals surface area contributed by atoms with Gasteiger partial charge in [0, 0.05) is 54.7 Å². The number of carbonyl (C=O) groups is 1. The van der Waals surface area contributed by atoms with Gasteiger partial charge in [0.1, 0.15) is 5.82 Å². The number of aromatic nitrogens is 4. The molecule has 1 aromatic carbocycles. The van der Waals surface area contributed by atoms with E-state index in [0.29, 0.717) is 36.4 Å². The minimum absolute atomic E-state index is 0.0297. The van der Waals surface area contributed by atoms with Gasteiger partial charge in [-0.15, -0.1) is 0 Å². The lowest BCUT2D eigenvalue weighted by molar-refractivity contribution is -0.125. The van der Waals surface area contributed by atoms with Crippen molar-refractivity contribution in [3.8, 4) is 22.8 Å². The molecule has 1 amide bonds. The van der Waals surface area contributed by atoms with Crippen LogP contribution in [-0.4, -0.2) is 39.1 Å². The number of hydrogen-bond donors (Lipinski definition) is 1. The van der Waals surface area contributed by atoms with Crippen molar-refractivity contribution in [3.63, 3.8) is 0 Å². The summed E-state index contributed by atoms with van der Waals surface area (Å²) in [6.45, 7) is 1.91. The monoisotopic (exact) mass is 474 g/mol. The second kappa shape index (κ2) is 10.0. The molecule has 0 radical (unpaired) electrons. The van der Waals surface area contributed by atoms with Crippen LogP contribution in [0.1, 0.15) is 18.4 Å². The first-order valence-corrected chi connectivity index (χ1v) is 11.5. The number of nitrogens with one attached hydrogen (secondary N) is 1. The smallest absolute Gasteiger partial charge is 0.261 e. The predicted molar refractivity (Wildman–Crippen MR) is 129 cm³/mol. The summed E-state index contributed by atoms with van der Waals surface area (Å²) >= 11 is 6.10. The summed E-state index contributed by atoms with van der Waals surface area (Å²) in [5, 5.41) is 7.76. The maximum absolute atomic E-state index is 12.7.